The van der Waals surface area contributed by atoms with E-state index >= 15 is 0 Å². The van der Waals surface area contributed by atoms with Crippen LogP contribution in [0.15, 0.2) is 23.8 Å². The lowest BCUT2D eigenvalue weighted by atomic mass is 9.91. The molecule has 0 aliphatic heterocycles. The summed E-state index contributed by atoms with van der Waals surface area (Å²) in [5.74, 6) is 1.05. The van der Waals surface area contributed by atoms with Crippen LogP contribution in [-0.4, -0.2) is 32.7 Å². The normalized spacial score (nSPS) is 18.0. The minimum atomic E-state index is -1.84. The maximum absolute atomic E-state index is 6.82. The molecule has 0 saturated heterocycles. The van der Waals surface area contributed by atoms with Crippen molar-refractivity contribution < 1.29 is 9.16 Å². The van der Waals surface area contributed by atoms with Gasteiger partial charge in [-0.05, 0) is 57.2 Å². The van der Waals surface area contributed by atoms with Crippen LogP contribution >= 0.6 is 11.8 Å². The minimum Gasteiger partial charge on any atom is -0.410 e. The Kier molecular flexibility index (Phi) is 10.8. The minimum absolute atomic E-state index is 0.119. The molecule has 0 rings (SSSR count). The fourth-order valence-corrected chi connectivity index (χ4v) is 4.03. The van der Waals surface area contributed by atoms with Gasteiger partial charge in [-0.15, -0.1) is 11.8 Å². The van der Waals surface area contributed by atoms with E-state index in [4.69, 9.17) is 9.16 Å². The monoisotopic (exact) mass is 372 g/mol. The summed E-state index contributed by atoms with van der Waals surface area (Å²) in [6, 6.07) is 0. The molecule has 3 atom stereocenters. The number of hydrogen-bond acceptors (Lipinski definition) is 3. The predicted molar refractivity (Wildman–Crippen MR) is 113 cm³/mol. The second-order valence-corrected chi connectivity index (χ2v) is 13.7. The van der Waals surface area contributed by atoms with Gasteiger partial charge in [-0.1, -0.05) is 45.9 Å². The van der Waals surface area contributed by atoms with Gasteiger partial charge in [0.05, 0.1) is 18.1 Å². The predicted octanol–water partition coefficient (Wildman–Crippen LogP) is 6.65. The van der Waals surface area contributed by atoms with Crippen molar-refractivity contribution in [1.82, 2.24) is 0 Å². The zero-order valence-corrected chi connectivity index (χ0v) is 19.4. The summed E-state index contributed by atoms with van der Waals surface area (Å²) in [7, 11) is -1.84. The summed E-state index contributed by atoms with van der Waals surface area (Å²) in [5.41, 5.74) is 1.31. The molecule has 0 fully saturated rings. The highest BCUT2D eigenvalue weighted by Gasteiger charge is 2.41. The van der Waals surface area contributed by atoms with Crippen LogP contribution in [0.25, 0.3) is 0 Å². The Balaban J connectivity index is 5.46. The first-order valence-electron chi connectivity index (χ1n) is 9.04. The number of hydrogen-bond donors (Lipinski definition) is 0. The van der Waals surface area contributed by atoms with Crippen LogP contribution in [0, 0.1) is 5.92 Å². The zero-order valence-electron chi connectivity index (χ0n) is 17.6. The van der Waals surface area contributed by atoms with Gasteiger partial charge in [-0.3, -0.25) is 0 Å². The van der Waals surface area contributed by atoms with Crippen LogP contribution in [0.2, 0.25) is 18.1 Å². The summed E-state index contributed by atoms with van der Waals surface area (Å²) in [6.07, 6.45) is 9.82. The highest BCUT2D eigenvalue weighted by Crippen LogP contribution is 2.39. The zero-order chi connectivity index (χ0) is 19.0. The first-order chi connectivity index (χ1) is 11.0. The van der Waals surface area contributed by atoms with E-state index in [9.17, 15) is 0 Å². The molecule has 2 nitrogen and oxygen atoms in total. The average Bonchev–Trinajstić information content (AvgIpc) is 2.50. The Morgan fingerprint density at radius 3 is 2.21 bits per heavy atom. The highest BCUT2D eigenvalue weighted by atomic mass is 32.2. The molecule has 0 saturated carbocycles. The van der Waals surface area contributed by atoms with E-state index in [0.717, 1.165) is 12.4 Å². The van der Waals surface area contributed by atoms with Crippen LogP contribution in [0.1, 0.15) is 54.9 Å². The molecule has 142 valence electrons. The van der Waals surface area contributed by atoms with E-state index < -0.39 is 8.32 Å². The van der Waals surface area contributed by atoms with Gasteiger partial charge in [0.25, 0.3) is 0 Å². The smallest absolute Gasteiger partial charge is 0.192 e. The largest absolute Gasteiger partial charge is 0.410 e. The molecule has 0 amide bonds. The summed E-state index contributed by atoms with van der Waals surface area (Å²) >= 11 is 1.73. The van der Waals surface area contributed by atoms with Gasteiger partial charge in [-0.2, -0.15) is 0 Å². The maximum atomic E-state index is 6.82. The van der Waals surface area contributed by atoms with Gasteiger partial charge in [0.15, 0.2) is 8.32 Å². The van der Waals surface area contributed by atoms with Crippen molar-refractivity contribution in [3.63, 3.8) is 0 Å². The van der Waals surface area contributed by atoms with Gasteiger partial charge in [0.1, 0.15) is 0 Å². The molecule has 0 unspecified atom stereocenters. The summed E-state index contributed by atoms with van der Waals surface area (Å²) in [4.78, 5) is 0. The van der Waals surface area contributed by atoms with Crippen LogP contribution in [0.3, 0.4) is 0 Å². The van der Waals surface area contributed by atoms with Crippen molar-refractivity contribution in [3.8, 4) is 0 Å². The Morgan fingerprint density at radius 1 is 1.21 bits per heavy atom. The number of allylic oxidation sites excluding steroid dienone is 2. The number of ether oxygens (including phenoxy) is 1. The molecular formula is C20H40O2SSi. The van der Waals surface area contributed by atoms with E-state index in [0.29, 0.717) is 5.92 Å². The third-order valence-electron chi connectivity index (χ3n) is 5.20. The van der Waals surface area contributed by atoms with Crippen molar-refractivity contribution in [3.05, 3.63) is 23.8 Å². The Labute approximate surface area is 156 Å². The quantitative estimate of drug-likeness (QED) is 0.243. The molecule has 24 heavy (non-hydrogen) atoms. The van der Waals surface area contributed by atoms with Crippen molar-refractivity contribution in [2.45, 2.75) is 85.2 Å². The first-order valence-corrected chi connectivity index (χ1v) is 13.3. The lowest BCUT2D eigenvalue weighted by molar-refractivity contribution is 0.00664. The fourth-order valence-electron chi connectivity index (χ4n) is 2.33. The lowest BCUT2D eigenvalue weighted by Gasteiger charge is -2.42. The Bertz CT molecular complexity index is 410. The molecule has 0 aromatic heterocycles. The molecule has 0 aliphatic rings. The molecule has 0 N–H and O–H groups in total. The van der Waals surface area contributed by atoms with E-state index in [1.54, 1.807) is 11.8 Å². The molecule has 0 aromatic carbocycles. The third-order valence-corrected chi connectivity index (χ3v) is 10.0. The van der Waals surface area contributed by atoms with Gasteiger partial charge >= 0.3 is 0 Å². The average molecular weight is 373 g/mol. The van der Waals surface area contributed by atoms with Crippen molar-refractivity contribution in [1.29, 1.82) is 0 Å². The maximum Gasteiger partial charge on any atom is 0.192 e. The molecule has 0 radical (unpaired) electrons. The van der Waals surface area contributed by atoms with Gasteiger partial charge < -0.3 is 9.16 Å². The third kappa shape index (κ3) is 7.47. The lowest BCUT2D eigenvalue weighted by Crippen LogP contribution is -2.47. The molecule has 0 aliphatic carbocycles. The van der Waals surface area contributed by atoms with E-state index in [1.807, 2.05) is 0 Å². The standard InChI is InChI=1S/C20H40O2SSi/c1-11-13-14-18(21-15-23-8)17(4)19(16(3)12-2)22-24(9,10)20(5,6)7/h11-13,17-19H,14-15H2,1-10H3/b13-11-,16-12+/t17-,18-,19+/m0/s1. The van der Waals surface area contributed by atoms with Crippen molar-refractivity contribution >= 4 is 20.1 Å². The van der Waals surface area contributed by atoms with Gasteiger partial charge in [-0.25, -0.2) is 0 Å². The number of rotatable bonds is 10. The van der Waals surface area contributed by atoms with Gasteiger partial charge in [0, 0.05) is 5.92 Å². The van der Waals surface area contributed by atoms with E-state index in [1.165, 1.54) is 5.57 Å². The molecule has 4 heteroatoms. The Morgan fingerprint density at radius 2 is 1.79 bits per heavy atom. The molecule has 0 bridgehead atoms. The van der Waals surface area contributed by atoms with Crippen LogP contribution < -0.4 is 0 Å². The summed E-state index contributed by atoms with van der Waals surface area (Å²) in [5, 5.41) is 0.206. The van der Waals surface area contributed by atoms with Crippen LogP contribution in [0.5, 0.6) is 0 Å². The molecular weight excluding hydrogens is 332 g/mol. The van der Waals surface area contributed by atoms with E-state index in [-0.39, 0.29) is 17.2 Å². The second kappa shape index (κ2) is 10.8. The van der Waals surface area contributed by atoms with Crippen LogP contribution in [-0.2, 0) is 9.16 Å². The Hall–Kier alpha value is -0.0331. The highest BCUT2D eigenvalue weighted by molar-refractivity contribution is 7.98. The van der Waals surface area contributed by atoms with Crippen molar-refractivity contribution in [2.75, 3.05) is 12.2 Å². The first kappa shape index (κ1) is 24.0. The fraction of sp³-hybridized carbons (Fsp3) is 0.800. The molecule has 0 spiro atoms. The molecule has 0 heterocycles. The second-order valence-electron chi connectivity index (χ2n) is 8.11. The summed E-state index contributed by atoms with van der Waals surface area (Å²) < 4.78 is 13.0. The summed E-state index contributed by atoms with van der Waals surface area (Å²) in [6.45, 7) is 20.2. The van der Waals surface area contributed by atoms with Crippen molar-refractivity contribution in [2.24, 2.45) is 5.92 Å². The number of thioether (sulfide) groups is 1. The van der Waals surface area contributed by atoms with Gasteiger partial charge in [0.2, 0.25) is 0 Å². The SMILES string of the molecule is C/C=C\C[C@H](OCSC)[C@H](C)[C@H](O[Si](C)(C)C(C)(C)C)/C(C)=C/C. The van der Waals surface area contributed by atoms with E-state index in [2.05, 4.69) is 86.0 Å². The van der Waals surface area contributed by atoms with Crippen LogP contribution in [0.4, 0.5) is 0 Å². The topological polar surface area (TPSA) is 18.5 Å². The molecule has 0 aromatic rings.